The summed E-state index contributed by atoms with van der Waals surface area (Å²) in [7, 11) is 0. The van der Waals surface area contributed by atoms with E-state index in [1.54, 1.807) is 6.20 Å². The van der Waals surface area contributed by atoms with Crippen LogP contribution in [-0.4, -0.2) is 35.2 Å². The predicted octanol–water partition coefficient (Wildman–Crippen LogP) is 0.882. The highest BCUT2D eigenvalue weighted by Crippen LogP contribution is 2.08. The van der Waals surface area contributed by atoms with E-state index in [2.05, 4.69) is 27.7 Å². The van der Waals surface area contributed by atoms with Crippen molar-refractivity contribution in [1.29, 1.82) is 0 Å². The van der Waals surface area contributed by atoms with Crippen LogP contribution in [0.5, 0.6) is 0 Å². The van der Waals surface area contributed by atoms with Crippen LogP contribution in [0.25, 0.3) is 0 Å². The van der Waals surface area contributed by atoms with Crippen molar-refractivity contribution in [2.45, 2.75) is 26.3 Å². The molecular formula is C9H18N4O. The van der Waals surface area contributed by atoms with Crippen LogP contribution in [0, 0.1) is 0 Å². The summed E-state index contributed by atoms with van der Waals surface area (Å²) in [6.07, 6.45) is 2.83. The molecule has 80 valence electrons. The molecule has 0 amide bonds. The minimum absolute atomic E-state index is 0.147. The Labute approximate surface area is 84.2 Å². The minimum Gasteiger partial charge on any atom is -0.380 e. The zero-order chi connectivity index (χ0) is 10.2. The third-order valence-corrected chi connectivity index (χ3v) is 1.92. The van der Waals surface area contributed by atoms with Crippen LogP contribution in [0.15, 0.2) is 6.20 Å². The van der Waals surface area contributed by atoms with Crippen molar-refractivity contribution in [2.24, 2.45) is 0 Å². The van der Waals surface area contributed by atoms with Gasteiger partial charge in [0.25, 0.3) is 0 Å². The maximum Gasteiger partial charge on any atom is 0.102 e. The van der Waals surface area contributed by atoms with Gasteiger partial charge in [0.1, 0.15) is 5.69 Å². The molecule has 0 fully saturated rings. The highest BCUT2D eigenvalue weighted by Gasteiger charge is 2.12. The third-order valence-electron chi connectivity index (χ3n) is 1.92. The molecule has 0 aromatic carbocycles. The molecule has 1 aromatic rings. The molecule has 0 aliphatic rings. The lowest BCUT2D eigenvalue weighted by atomic mass is 10.2. The molecule has 0 spiro atoms. The summed E-state index contributed by atoms with van der Waals surface area (Å²) in [5.74, 6) is 0. The van der Waals surface area contributed by atoms with Crippen LogP contribution in [0.4, 0.5) is 0 Å². The van der Waals surface area contributed by atoms with Gasteiger partial charge in [-0.2, -0.15) is 15.4 Å². The quantitative estimate of drug-likeness (QED) is 0.682. The average Bonchev–Trinajstić information content (AvgIpc) is 2.71. The lowest BCUT2D eigenvalue weighted by Crippen LogP contribution is -2.26. The SMILES string of the molecule is CCCNC(COCC)c1cn[nH]n1. The monoisotopic (exact) mass is 198 g/mol. The Hall–Kier alpha value is -0.940. The van der Waals surface area contributed by atoms with E-state index in [-0.39, 0.29) is 6.04 Å². The molecule has 1 rings (SSSR count). The number of H-pyrrole nitrogens is 1. The van der Waals surface area contributed by atoms with Gasteiger partial charge in [0, 0.05) is 6.61 Å². The number of aromatic amines is 1. The summed E-state index contributed by atoms with van der Waals surface area (Å²) in [6.45, 7) is 6.45. The van der Waals surface area contributed by atoms with E-state index in [4.69, 9.17) is 4.74 Å². The molecule has 1 atom stereocenters. The molecule has 5 nitrogen and oxygen atoms in total. The summed E-state index contributed by atoms with van der Waals surface area (Å²) in [6, 6.07) is 0.147. The van der Waals surface area contributed by atoms with Gasteiger partial charge >= 0.3 is 0 Å². The first-order valence-electron chi connectivity index (χ1n) is 5.05. The maximum atomic E-state index is 5.37. The van der Waals surface area contributed by atoms with Crippen LogP contribution in [0.2, 0.25) is 0 Å². The topological polar surface area (TPSA) is 62.8 Å². The van der Waals surface area contributed by atoms with Crippen molar-refractivity contribution in [2.75, 3.05) is 19.8 Å². The molecule has 0 aliphatic carbocycles. The van der Waals surface area contributed by atoms with Crippen molar-refractivity contribution >= 4 is 0 Å². The second-order valence-electron chi connectivity index (χ2n) is 3.06. The molecule has 0 radical (unpaired) electrons. The van der Waals surface area contributed by atoms with Gasteiger partial charge in [-0.3, -0.25) is 0 Å². The van der Waals surface area contributed by atoms with Crippen LogP contribution in [0.3, 0.4) is 0 Å². The van der Waals surface area contributed by atoms with Gasteiger partial charge in [-0.05, 0) is 19.9 Å². The van der Waals surface area contributed by atoms with Gasteiger partial charge in [0.15, 0.2) is 0 Å². The number of hydrogen-bond acceptors (Lipinski definition) is 4. The molecule has 0 saturated carbocycles. The molecular weight excluding hydrogens is 180 g/mol. The second-order valence-corrected chi connectivity index (χ2v) is 3.06. The van der Waals surface area contributed by atoms with Crippen molar-refractivity contribution in [1.82, 2.24) is 20.7 Å². The molecule has 0 aliphatic heterocycles. The lowest BCUT2D eigenvalue weighted by molar-refractivity contribution is 0.122. The third kappa shape index (κ3) is 3.43. The number of ether oxygens (including phenoxy) is 1. The Morgan fingerprint density at radius 3 is 3.00 bits per heavy atom. The fraction of sp³-hybridized carbons (Fsp3) is 0.778. The first-order chi connectivity index (χ1) is 6.88. The standard InChI is InChI=1S/C9H18N4O/c1-3-5-10-9(7-14-4-2)8-6-11-13-12-8/h6,9-10H,3-5,7H2,1-2H3,(H,11,12,13). The van der Waals surface area contributed by atoms with E-state index in [0.717, 1.165) is 25.3 Å². The number of nitrogens with zero attached hydrogens (tertiary/aromatic N) is 2. The zero-order valence-electron chi connectivity index (χ0n) is 8.79. The second kappa shape index (κ2) is 6.50. The normalized spacial score (nSPS) is 13.0. The van der Waals surface area contributed by atoms with Gasteiger partial charge in [-0.1, -0.05) is 6.92 Å². The van der Waals surface area contributed by atoms with Crippen molar-refractivity contribution in [3.05, 3.63) is 11.9 Å². The van der Waals surface area contributed by atoms with E-state index >= 15 is 0 Å². The Morgan fingerprint density at radius 1 is 1.57 bits per heavy atom. The number of aromatic nitrogens is 3. The van der Waals surface area contributed by atoms with Gasteiger partial charge in [-0.25, -0.2) is 0 Å². The molecule has 1 unspecified atom stereocenters. The molecule has 1 heterocycles. The Kier molecular flexibility index (Phi) is 5.17. The van der Waals surface area contributed by atoms with Gasteiger partial charge < -0.3 is 10.1 Å². The summed E-state index contributed by atoms with van der Waals surface area (Å²) in [4.78, 5) is 0. The van der Waals surface area contributed by atoms with E-state index in [1.165, 1.54) is 0 Å². The highest BCUT2D eigenvalue weighted by atomic mass is 16.5. The molecule has 0 bridgehead atoms. The van der Waals surface area contributed by atoms with Crippen LogP contribution in [-0.2, 0) is 4.74 Å². The average molecular weight is 198 g/mol. The van der Waals surface area contributed by atoms with E-state index < -0.39 is 0 Å². The summed E-state index contributed by atoms with van der Waals surface area (Å²) in [5.41, 5.74) is 0.909. The Balaban J connectivity index is 2.44. The van der Waals surface area contributed by atoms with Gasteiger partial charge in [0.05, 0.1) is 18.8 Å². The van der Waals surface area contributed by atoms with E-state index in [0.29, 0.717) is 6.61 Å². The Morgan fingerprint density at radius 2 is 2.43 bits per heavy atom. The summed E-state index contributed by atoms with van der Waals surface area (Å²) < 4.78 is 5.37. The summed E-state index contributed by atoms with van der Waals surface area (Å²) in [5, 5.41) is 13.8. The smallest absolute Gasteiger partial charge is 0.102 e. The fourth-order valence-electron chi connectivity index (χ4n) is 1.18. The van der Waals surface area contributed by atoms with Crippen LogP contribution in [0.1, 0.15) is 32.0 Å². The minimum atomic E-state index is 0.147. The number of nitrogens with one attached hydrogen (secondary N) is 2. The van der Waals surface area contributed by atoms with E-state index in [1.807, 2.05) is 6.92 Å². The molecule has 2 N–H and O–H groups in total. The lowest BCUT2D eigenvalue weighted by Gasteiger charge is -2.15. The maximum absolute atomic E-state index is 5.37. The van der Waals surface area contributed by atoms with Crippen LogP contribution >= 0.6 is 0 Å². The molecule has 0 saturated heterocycles. The van der Waals surface area contributed by atoms with Crippen molar-refractivity contribution in [3.8, 4) is 0 Å². The van der Waals surface area contributed by atoms with Gasteiger partial charge in [-0.15, -0.1) is 0 Å². The number of rotatable bonds is 7. The van der Waals surface area contributed by atoms with Gasteiger partial charge in [0.2, 0.25) is 0 Å². The first kappa shape index (κ1) is 11.1. The Bertz CT molecular complexity index is 217. The molecule has 14 heavy (non-hydrogen) atoms. The fourth-order valence-corrected chi connectivity index (χ4v) is 1.18. The zero-order valence-corrected chi connectivity index (χ0v) is 8.79. The highest BCUT2D eigenvalue weighted by molar-refractivity contribution is 4.99. The van der Waals surface area contributed by atoms with E-state index in [9.17, 15) is 0 Å². The van der Waals surface area contributed by atoms with Crippen molar-refractivity contribution in [3.63, 3.8) is 0 Å². The number of hydrogen-bond donors (Lipinski definition) is 2. The summed E-state index contributed by atoms with van der Waals surface area (Å²) >= 11 is 0. The van der Waals surface area contributed by atoms with Crippen molar-refractivity contribution < 1.29 is 4.74 Å². The predicted molar refractivity (Wildman–Crippen MR) is 53.9 cm³/mol. The van der Waals surface area contributed by atoms with Crippen LogP contribution < -0.4 is 5.32 Å². The largest absolute Gasteiger partial charge is 0.380 e. The first-order valence-corrected chi connectivity index (χ1v) is 5.05. The molecule has 1 aromatic heterocycles. The molecule has 5 heteroatoms.